The zero-order valence-electron chi connectivity index (χ0n) is 24.1. The van der Waals surface area contributed by atoms with Crippen LogP contribution in [-0.4, -0.2) is 83.3 Å². The van der Waals surface area contributed by atoms with E-state index in [1.165, 1.54) is 36.4 Å². The molecule has 9 N–H and O–H groups in total. The van der Waals surface area contributed by atoms with Crippen molar-refractivity contribution in [3.05, 3.63) is 106 Å². The normalized spacial score (nSPS) is 29.7. The van der Waals surface area contributed by atoms with Gasteiger partial charge in [0.2, 0.25) is 6.29 Å². The van der Waals surface area contributed by atoms with Gasteiger partial charge in [0.25, 0.3) is 0 Å². The number of hydrogen-bond donors (Lipinski definition) is 9. The van der Waals surface area contributed by atoms with Crippen molar-refractivity contribution in [1.82, 2.24) is 0 Å². The van der Waals surface area contributed by atoms with E-state index in [1.807, 2.05) is 0 Å². The Hall–Kier alpha value is -4.56. The summed E-state index contributed by atoms with van der Waals surface area (Å²) in [5, 5.41) is 94.4. The third-order valence-electron chi connectivity index (χ3n) is 9.04. The van der Waals surface area contributed by atoms with Crippen LogP contribution in [0.4, 0.5) is 0 Å². The molecule has 0 spiro atoms. The molecule has 3 aliphatic rings. The molecule has 0 bridgehead atoms. The zero-order valence-corrected chi connectivity index (χ0v) is 24.1. The quantitative estimate of drug-likeness (QED) is 0.155. The van der Waals surface area contributed by atoms with E-state index < -0.39 is 61.4 Å². The van der Waals surface area contributed by atoms with Gasteiger partial charge in [0.1, 0.15) is 65.0 Å². The Balaban J connectivity index is 1.30. The van der Waals surface area contributed by atoms with Crippen LogP contribution in [0.15, 0.2) is 72.8 Å². The minimum Gasteiger partial charge on any atom is -0.508 e. The minimum atomic E-state index is -1.60. The average Bonchev–Trinajstić information content (AvgIpc) is 3.37. The van der Waals surface area contributed by atoms with Gasteiger partial charge in [-0.15, -0.1) is 0 Å². The van der Waals surface area contributed by atoms with E-state index in [1.54, 1.807) is 36.4 Å². The maximum Gasteiger partial charge on any atom is 0.229 e. The summed E-state index contributed by atoms with van der Waals surface area (Å²) in [6, 6.07) is 18.4. The van der Waals surface area contributed by atoms with Gasteiger partial charge in [-0.2, -0.15) is 0 Å². The topological polar surface area (TPSA) is 210 Å². The van der Waals surface area contributed by atoms with Crippen LogP contribution in [0.1, 0.15) is 57.4 Å². The van der Waals surface area contributed by atoms with E-state index in [2.05, 4.69) is 0 Å². The number of aromatic hydroxyl groups is 4. The largest absolute Gasteiger partial charge is 0.508 e. The second-order valence-electron chi connectivity index (χ2n) is 11.8. The third kappa shape index (κ3) is 4.87. The monoisotopic (exact) mass is 632 g/mol. The number of benzene rings is 4. The molecule has 0 saturated carbocycles. The number of hydrogen-bond acceptors (Lipinski definition) is 12. The van der Waals surface area contributed by atoms with E-state index >= 15 is 0 Å². The molecule has 4 aromatic rings. The summed E-state index contributed by atoms with van der Waals surface area (Å²) in [4.78, 5) is 0. The average molecular weight is 633 g/mol. The van der Waals surface area contributed by atoms with Gasteiger partial charge in [0, 0.05) is 29.2 Å². The SMILES string of the molecule is OCC1OC(Oc2ccc(C3Oc4cc(O)cc5c4C3c3cc(O)cc(O)c3C(c3ccc(O)cc3)C5O)cc2)C(O)C(O)C1O. The van der Waals surface area contributed by atoms with Gasteiger partial charge in [-0.25, -0.2) is 0 Å². The fourth-order valence-corrected chi connectivity index (χ4v) is 6.89. The number of rotatable bonds is 5. The lowest BCUT2D eigenvalue weighted by Crippen LogP contribution is -2.60. The molecular formula is C34H32O12. The number of aliphatic hydroxyl groups is 5. The maximum atomic E-state index is 11.9. The molecule has 2 heterocycles. The van der Waals surface area contributed by atoms with Crippen LogP contribution in [0.25, 0.3) is 0 Å². The van der Waals surface area contributed by atoms with Crippen LogP contribution in [0, 0.1) is 0 Å². The molecule has 0 radical (unpaired) electrons. The summed E-state index contributed by atoms with van der Waals surface area (Å²) in [6.45, 7) is -0.600. The van der Waals surface area contributed by atoms with Gasteiger partial charge in [0.05, 0.1) is 18.6 Å². The van der Waals surface area contributed by atoms with Crippen molar-refractivity contribution in [2.75, 3.05) is 6.61 Å². The molecule has 1 saturated heterocycles. The minimum absolute atomic E-state index is 0.0220. The van der Waals surface area contributed by atoms with E-state index in [9.17, 15) is 46.0 Å². The second-order valence-corrected chi connectivity index (χ2v) is 11.8. The Kier molecular flexibility index (Phi) is 7.43. The Morgan fingerprint density at radius 1 is 0.630 bits per heavy atom. The molecule has 240 valence electrons. The molecule has 4 aromatic carbocycles. The molecule has 1 fully saturated rings. The first-order valence-electron chi connectivity index (χ1n) is 14.7. The first-order valence-corrected chi connectivity index (χ1v) is 14.7. The Bertz CT molecular complexity index is 1760. The summed E-state index contributed by atoms with van der Waals surface area (Å²) in [5.41, 5.74) is 2.99. The van der Waals surface area contributed by atoms with Crippen molar-refractivity contribution in [2.45, 2.75) is 54.7 Å². The lowest BCUT2D eigenvalue weighted by molar-refractivity contribution is -0.277. The lowest BCUT2D eigenvalue weighted by atomic mass is 9.80. The van der Waals surface area contributed by atoms with Gasteiger partial charge < -0.3 is 60.2 Å². The highest BCUT2D eigenvalue weighted by atomic mass is 16.7. The standard InChI is InChI=1S/C34H32O12/c35-13-24-30(41)31(42)32(43)34(46-24)44-19-7-3-15(4-8-19)33-28-20-9-17(37)11-22(39)26(20)25(14-1-5-16(36)6-2-14)29(40)21-10-18(38)12-23(45-33)27(21)28/h1-12,24-25,28-43H,13H2. The fraction of sp³-hybridized carbons (Fsp3) is 0.294. The smallest absolute Gasteiger partial charge is 0.229 e. The van der Waals surface area contributed by atoms with Crippen molar-refractivity contribution < 1.29 is 60.2 Å². The van der Waals surface area contributed by atoms with Crippen LogP contribution in [0.3, 0.4) is 0 Å². The molecule has 0 aromatic heterocycles. The van der Waals surface area contributed by atoms with Crippen molar-refractivity contribution in [2.24, 2.45) is 0 Å². The number of ether oxygens (including phenoxy) is 3. The maximum absolute atomic E-state index is 11.9. The van der Waals surface area contributed by atoms with Gasteiger partial charge in [-0.05, 0) is 58.7 Å². The summed E-state index contributed by atoms with van der Waals surface area (Å²) in [6.07, 6.45) is -9.26. The van der Waals surface area contributed by atoms with Gasteiger partial charge in [-0.1, -0.05) is 24.3 Å². The highest BCUT2D eigenvalue weighted by Gasteiger charge is 2.48. The van der Waals surface area contributed by atoms with Crippen LogP contribution in [0.5, 0.6) is 34.5 Å². The number of aliphatic hydroxyl groups excluding tert-OH is 5. The predicted molar refractivity (Wildman–Crippen MR) is 159 cm³/mol. The lowest BCUT2D eigenvalue weighted by Gasteiger charge is -2.39. The molecule has 9 atom stereocenters. The zero-order chi connectivity index (χ0) is 32.4. The Labute approximate surface area is 262 Å². The number of fused-ring (bicyclic) bond motifs is 2. The first-order chi connectivity index (χ1) is 22.0. The fourth-order valence-electron chi connectivity index (χ4n) is 6.89. The van der Waals surface area contributed by atoms with Crippen LogP contribution >= 0.6 is 0 Å². The summed E-state index contributed by atoms with van der Waals surface area (Å²) in [5.74, 6) is -1.53. The molecule has 9 unspecified atom stereocenters. The van der Waals surface area contributed by atoms with Gasteiger partial charge in [-0.3, -0.25) is 0 Å². The Morgan fingerprint density at radius 2 is 1.28 bits per heavy atom. The van der Waals surface area contributed by atoms with Crippen LogP contribution in [0.2, 0.25) is 0 Å². The van der Waals surface area contributed by atoms with Crippen LogP contribution in [-0.2, 0) is 4.74 Å². The molecular weight excluding hydrogens is 600 g/mol. The predicted octanol–water partition coefficient (Wildman–Crippen LogP) is 2.13. The van der Waals surface area contributed by atoms with Crippen LogP contribution < -0.4 is 9.47 Å². The number of phenolic OH excluding ortho intramolecular Hbond substituents is 4. The first kappa shape index (κ1) is 30.1. The Morgan fingerprint density at radius 3 is 1.98 bits per heavy atom. The van der Waals surface area contributed by atoms with Crippen molar-refractivity contribution in [3.63, 3.8) is 0 Å². The molecule has 1 aliphatic carbocycles. The molecule has 7 rings (SSSR count). The van der Waals surface area contributed by atoms with E-state index in [0.29, 0.717) is 39.1 Å². The highest BCUT2D eigenvalue weighted by Crippen LogP contribution is 2.60. The van der Waals surface area contributed by atoms with Gasteiger partial charge in [0.15, 0.2) is 0 Å². The molecule has 2 aliphatic heterocycles. The second kappa shape index (κ2) is 11.4. The molecule has 12 heteroatoms. The van der Waals surface area contributed by atoms with Crippen molar-refractivity contribution >= 4 is 0 Å². The van der Waals surface area contributed by atoms with E-state index in [0.717, 1.165) is 0 Å². The summed E-state index contributed by atoms with van der Waals surface area (Å²) < 4.78 is 17.6. The van der Waals surface area contributed by atoms with Crippen molar-refractivity contribution in [3.8, 4) is 34.5 Å². The van der Waals surface area contributed by atoms with E-state index in [4.69, 9.17) is 14.2 Å². The van der Waals surface area contributed by atoms with Crippen molar-refractivity contribution in [1.29, 1.82) is 0 Å². The summed E-state index contributed by atoms with van der Waals surface area (Å²) >= 11 is 0. The molecule has 12 nitrogen and oxygen atoms in total. The molecule has 0 amide bonds. The third-order valence-corrected chi connectivity index (χ3v) is 9.04. The van der Waals surface area contributed by atoms with Gasteiger partial charge >= 0.3 is 0 Å². The summed E-state index contributed by atoms with van der Waals surface area (Å²) in [7, 11) is 0. The van der Waals surface area contributed by atoms with E-state index in [-0.39, 0.29) is 28.7 Å². The number of phenols is 4. The molecule has 46 heavy (non-hydrogen) atoms. The highest BCUT2D eigenvalue weighted by molar-refractivity contribution is 5.65.